The molecule has 3 aromatic heterocycles. The Hall–Kier alpha value is -3.48. The van der Waals surface area contributed by atoms with Crippen molar-refractivity contribution in [2.45, 2.75) is 6.92 Å². The number of hydrogen-bond acceptors (Lipinski definition) is 6. The molecule has 0 saturated carbocycles. The van der Waals surface area contributed by atoms with Gasteiger partial charge in [-0.1, -0.05) is 6.07 Å². The lowest BCUT2D eigenvalue weighted by Gasteiger charge is -2.08. The maximum atomic E-state index is 4.50. The van der Waals surface area contributed by atoms with Crippen LogP contribution in [0.2, 0.25) is 0 Å². The third-order valence-electron chi connectivity index (χ3n) is 3.51. The van der Waals surface area contributed by atoms with Crippen LogP contribution >= 0.6 is 0 Å². The summed E-state index contributed by atoms with van der Waals surface area (Å²) in [5.74, 6) is 1.98. The molecule has 0 atom stereocenters. The molecule has 1 aromatic carbocycles. The molecule has 0 spiro atoms. The van der Waals surface area contributed by atoms with Gasteiger partial charge in [0.2, 0.25) is 0 Å². The van der Waals surface area contributed by atoms with E-state index < -0.39 is 0 Å². The summed E-state index contributed by atoms with van der Waals surface area (Å²) in [5.41, 5.74) is 1.92. The van der Waals surface area contributed by atoms with Gasteiger partial charge in [-0.3, -0.25) is 15.1 Å². The highest BCUT2D eigenvalue weighted by Crippen LogP contribution is 2.21. The summed E-state index contributed by atoms with van der Waals surface area (Å²) < 4.78 is 0. The van der Waals surface area contributed by atoms with Gasteiger partial charge in [0.1, 0.15) is 0 Å². The summed E-state index contributed by atoms with van der Waals surface area (Å²) in [6.07, 6.45) is 6.95. The van der Waals surface area contributed by atoms with E-state index >= 15 is 0 Å². The largest absolute Gasteiger partial charge is 0.339 e. The van der Waals surface area contributed by atoms with E-state index in [1.807, 2.05) is 37.4 Å². The first-order chi connectivity index (χ1) is 11.8. The van der Waals surface area contributed by atoms with Crippen molar-refractivity contribution < 1.29 is 0 Å². The van der Waals surface area contributed by atoms with E-state index in [1.54, 1.807) is 18.6 Å². The molecular weight excluding hydrogens is 302 g/mol. The minimum Gasteiger partial charge on any atom is -0.339 e. The standard InChI is InChI=1S/C17H15N7/c1-11-6-15(24-23-11)21-17-10-19-9-16(22-17)20-14-3-2-13-8-18-5-4-12(13)7-14/h2-10H,1H3,(H3,20,21,22,23,24). The summed E-state index contributed by atoms with van der Waals surface area (Å²) in [6, 6.07) is 9.94. The second-order valence-corrected chi connectivity index (χ2v) is 5.41. The first-order valence-corrected chi connectivity index (χ1v) is 7.48. The lowest BCUT2D eigenvalue weighted by atomic mass is 10.1. The molecule has 3 heterocycles. The normalized spacial score (nSPS) is 10.7. The summed E-state index contributed by atoms with van der Waals surface area (Å²) in [7, 11) is 0. The van der Waals surface area contributed by atoms with Crippen LogP contribution in [0, 0.1) is 6.92 Å². The van der Waals surface area contributed by atoms with Crippen LogP contribution in [0.4, 0.5) is 23.1 Å². The monoisotopic (exact) mass is 317 g/mol. The van der Waals surface area contributed by atoms with Gasteiger partial charge >= 0.3 is 0 Å². The number of aromatic amines is 1. The van der Waals surface area contributed by atoms with E-state index in [2.05, 4.69) is 41.8 Å². The van der Waals surface area contributed by atoms with E-state index in [1.165, 1.54) is 0 Å². The molecular formula is C17H15N7. The van der Waals surface area contributed by atoms with Gasteiger partial charge in [0.15, 0.2) is 17.5 Å². The fourth-order valence-electron chi connectivity index (χ4n) is 2.41. The number of nitrogens with zero attached hydrogens (tertiary/aromatic N) is 4. The van der Waals surface area contributed by atoms with Gasteiger partial charge < -0.3 is 10.6 Å². The first kappa shape index (κ1) is 14.1. The van der Waals surface area contributed by atoms with Gasteiger partial charge in [-0.25, -0.2) is 4.98 Å². The third-order valence-corrected chi connectivity index (χ3v) is 3.51. The van der Waals surface area contributed by atoms with Gasteiger partial charge in [-0.15, -0.1) is 0 Å². The predicted molar refractivity (Wildman–Crippen MR) is 93.7 cm³/mol. The average molecular weight is 317 g/mol. The van der Waals surface area contributed by atoms with Gasteiger partial charge in [0.05, 0.1) is 12.4 Å². The lowest BCUT2D eigenvalue weighted by Crippen LogP contribution is -1.99. The fraction of sp³-hybridized carbons (Fsp3) is 0.0588. The summed E-state index contributed by atoms with van der Waals surface area (Å²) in [5, 5.41) is 15.6. The number of aryl methyl sites for hydroxylation is 1. The Balaban J connectivity index is 1.56. The van der Waals surface area contributed by atoms with Crippen molar-refractivity contribution in [3.8, 4) is 0 Å². The van der Waals surface area contributed by atoms with E-state index in [-0.39, 0.29) is 0 Å². The molecule has 0 bridgehead atoms. The Morgan fingerprint density at radius 3 is 2.54 bits per heavy atom. The third kappa shape index (κ3) is 3.00. The number of benzene rings is 1. The summed E-state index contributed by atoms with van der Waals surface area (Å²) in [4.78, 5) is 12.8. The van der Waals surface area contributed by atoms with Crippen LogP contribution in [0.3, 0.4) is 0 Å². The topological polar surface area (TPSA) is 91.4 Å². The van der Waals surface area contributed by atoms with Crippen LogP contribution < -0.4 is 10.6 Å². The van der Waals surface area contributed by atoms with Gasteiger partial charge in [0, 0.05) is 35.2 Å². The summed E-state index contributed by atoms with van der Waals surface area (Å²) >= 11 is 0. The predicted octanol–water partition coefficient (Wildman–Crippen LogP) is 3.54. The lowest BCUT2D eigenvalue weighted by molar-refractivity contribution is 1.05. The van der Waals surface area contributed by atoms with Crippen molar-refractivity contribution in [2.24, 2.45) is 0 Å². The molecule has 0 aliphatic rings. The Morgan fingerprint density at radius 2 is 1.71 bits per heavy atom. The van der Waals surface area contributed by atoms with Gasteiger partial charge in [0.25, 0.3) is 0 Å². The van der Waals surface area contributed by atoms with Crippen LogP contribution in [0.5, 0.6) is 0 Å². The molecule has 0 unspecified atom stereocenters. The second-order valence-electron chi connectivity index (χ2n) is 5.41. The number of aromatic nitrogens is 5. The number of pyridine rings is 1. The average Bonchev–Trinajstić information content (AvgIpc) is 3.00. The molecule has 0 saturated heterocycles. The number of H-pyrrole nitrogens is 1. The second kappa shape index (κ2) is 5.96. The highest BCUT2D eigenvalue weighted by Gasteiger charge is 2.03. The van der Waals surface area contributed by atoms with E-state index in [4.69, 9.17) is 0 Å². The molecule has 24 heavy (non-hydrogen) atoms. The fourth-order valence-corrected chi connectivity index (χ4v) is 2.41. The van der Waals surface area contributed by atoms with Crippen LogP contribution in [0.1, 0.15) is 5.69 Å². The molecule has 4 aromatic rings. The minimum absolute atomic E-state index is 0.622. The maximum absolute atomic E-state index is 4.50. The first-order valence-electron chi connectivity index (χ1n) is 7.48. The molecule has 118 valence electrons. The molecule has 0 amide bonds. The van der Waals surface area contributed by atoms with E-state index in [0.717, 1.165) is 22.2 Å². The molecule has 0 radical (unpaired) electrons. The molecule has 0 aliphatic carbocycles. The summed E-state index contributed by atoms with van der Waals surface area (Å²) in [6.45, 7) is 1.94. The van der Waals surface area contributed by atoms with E-state index in [0.29, 0.717) is 17.5 Å². The van der Waals surface area contributed by atoms with Crippen molar-refractivity contribution in [3.63, 3.8) is 0 Å². The Labute approximate surface area is 138 Å². The van der Waals surface area contributed by atoms with Crippen molar-refractivity contribution in [1.82, 2.24) is 25.1 Å². The van der Waals surface area contributed by atoms with Crippen LogP contribution in [-0.2, 0) is 0 Å². The highest BCUT2D eigenvalue weighted by molar-refractivity contribution is 5.85. The zero-order valence-electron chi connectivity index (χ0n) is 13.0. The zero-order chi connectivity index (χ0) is 16.4. The number of fused-ring (bicyclic) bond motifs is 1. The molecule has 4 rings (SSSR count). The van der Waals surface area contributed by atoms with Crippen molar-refractivity contribution in [3.05, 3.63) is 60.8 Å². The highest BCUT2D eigenvalue weighted by atomic mass is 15.2. The van der Waals surface area contributed by atoms with Crippen LogP contribution in [0.15, 0.2) is 55.1 Å². The van der Waals surface area contributed by atoms with Gasteiger partial charge in [-0.2, -0.15) is 5.10 Å². The Kier molecular flexibility index (Phi) is 3.51. The minimum atomic E-state index is 0.622. The van der Waals surface area contributed by atoms with E-state index in [9.17, 15) is 0 Å². The Morgan fingerprint density at radius 1 is 0.833 bits per heavy atom. The van der Waals surface area contributed by atoms with Crippen molar-refractivity contribution >= 4 is 33.9 Å². The molecule has 7 nitrogen and oxygen atoms in total. The maximum Gasteiger partial charge on any atom is 0.153 e. The number of rotatable bonds is 4. The molecule has 0 fully saturated rings. The smallest absolute Gasteiger partial charge is 0.153 e. The SMILES string of the molecule is Cc1cc(Nc2cncc(Nc3ccc4cnccc4c3)n2)n[nH]1. The number of hydrogen-bond donors (Lipinski definition) is 3. The molecule has 0 aliphatic heterocycles. The zero-order valence-corrected chi connectivity index (χ0v) is 13.0. The quantitative estimate of drug-likeness (QED) is 0.533. The van der Waals surface area contributed by atoms with Crippen LogP contribution in [0.25, 0.3) is 10.8 Å². The number of anilines is 4. The molecule has 7 heteroatoms. The van der Waals surface area contributed by atoms with Crippen molar-refractivity contribution in [2.75, 3.05) is 10.6 Å². The molecule has 3 N–H and O–H groups in total. The Bertz CT molecular complexity index is 993. The van der Waals surface area contributed by atoms with Gasteiger partial charge in [-0.05, 0) is 30.5 Å². The van der Waals surface area contributed by atoms with Crippen LogP contribution in [-0.4, -0.2) is 25.1 Å². The number of nitrogens with one attached hydrogen (secondary N) is 3. The van der Waals surface area contributed by atoms with Crippen molar-refractivity contribution in [1.29, 1.82) is 0 Å².